The Morgan fingerprint density at radius 1 is 1.19 bits per heavy atom. The molecule has 5 nitrogen and oxygen atoms in total. The molecule has 5 heteroatoms. The maximum Gasteiger partial charge on any atom is 0.305 e. The van der Waals surface area contributed by atoms with Gasteiger partial charge >= 0.3 is 5.97 Å². The summed E-state index contributed by atoms with van der Waals surface area (Å²) in [7, 11) is 4.32. The Balaban J connectivity index is 4.41. The summed E-state index contributed by atoms with van der Waals surface area (Å²) in [4.78, 5) is 22.5. The molecule has 0 N–H and O–H groups in total. The Hall–Kier alpha value is -1.90. The number of esters is 1. The summed E-state index contributed by atoms with van der Waals surface area (Å²) in [6, 6.07) is 0. The minimum atomic E-state index is -0.606. The highest BCUT2D eigenvalue weighted by molar-refractivity contribution is 6.08. The van der Waals surface area contributed by atoms with E-state index in [1.807, 2.05) is 12.2 Å². The van der Waals surface area contributed by atoms with E-state index >= 15 is 0 Å². The van der Waals surface area contributed by atoms with Crippen LogP contribution in [0.3, 0.4) is 0 Å². The van der Waals surface area contributed by atoms with Gasteiger partial charge in [-0.3, -0.25) is 9.59 Å². The van der Waals surface area contributed by atoms with E-state index in [1.54, 1.807) is 6.08 Å². The smallest absolute Gasteiger partial charge is 0.305 e. The third-order valence-electron chi connectivity index (χ3n) is 2.71. The number of carbonyl (C=O) groups excluding carboxylic acids is 2. The first-order chi connectivity index (χ1) is 10.1. The van der Waals surface area contributed by atoms with E-state index in [1.165, 1.54) is 21.3 Å². The Labute approximate surface area is 125 Å². The molecule has 0 unspecified atom stereocenters. The van der Waals surface area contributed by atoms with Crippen molar-refractivity contribution in [3.05, 3.63) is 23.8 Å². The first-order valence-corrected chi connectivity index (χ1v) is 6.58. The standard InChI is InChI=1S/C16H22O5/c1-5-14(17)13(12-16(20-3)21-4)10-8-6-7-9-11-15(18)19-2/h1,6,8,12,16H,7,9-11H2,2-4H3/b8-6+,13-12+. The number of terminal acetylenes is 1. The summed E-state index contributed by atoms with van der Waals surface area (Å²) < 4.78 is 14.6. The number of hydrogen-bond acceptors (Lipinski definition) is 5. The molecule has 0 aromatic heterocycles. The zero-order valence-electron chi connectivity index (χ0n) is 12.8. The summed E-state index contributed by atoms with van der Waals surface area (Å²) in [6.45, 7) is 0. The summed E-state index contributed by atoms with van der Waals surface area (Å²) in [5.41, 5.74) is 0.440. The molecule has 0 heterocycles. The normalized spacial score (nSPS) is 11.7. The van der Waals surface area contributed by atoms with Crippen LogP contribution in [0.4, 0.5) is 0 Å². The van der Waals surface area contributed by atoms with Crippen LogP contribution in [0.1, 0.15) is 25.7 Å². The van der Waals surface area contributed by atoms with Crippen LogP contribution in [-0.2, 0) is 23.8 Å². The fraction of sp³-hybridized carbons (Fsp3) is 0.500. The van der Waals surface area contributed by atoms with Crippen LogP contribution in [0.15, 0.2) is 23.8 Å². The fourth-order valence-corrected chi connectivity index (χ4v) is 1.52. The lowest BCUT2D eigenvalue weighted by Gasteiger charge is -2.09. The van der Waals surface area contributed by atoms with Crippen molar-refractivity contribution in [2.75, 3.05) is 21.3 Å². The van der Waals surface area contributed by atoms with Gasteiger partial charge in [0.1, 0.15) is 0 Å². The van der Waals surface area contributed by atoms with E-state index in [2.05, 4.69) is 10.7 Å². The molecule has 0 spiro atoms. The number of allylic oxidation sites excluding steroid dienone is 3. The molecule has 0 saturated carbocycles. The van der Waals surface area contributed by atoms with E-state index in [-0.39, 0.29) is 5.97 Å². The second kappa shape index (κ2) is 11.9. The monoisotopic (exact) mass is 294 g/mol. The predicted octanol–water partition coefficient (Wildman–Crippen LogP) is 2.02. The zero-order chi connectivity index (χ0) is 16.1. The van der Waals surface area contributed by atoms with Crippen LogP contribution >= 0.6 is 0 Å². The molecule has 116 valence electrons. The predicted molar refractivity (Wildman–Crippen MR) is 79.4 cm³/mol. The Bertz CT molecular complexity index is 424. The van der Waals surface area contributed by atoms with Crippen LogP contribution in [0, 0.1) is 12.3 Å². The lowest BCUT2D eigenvalue weighted by atomic mass is 10.1. The van der Waals surface area contributed by atoms with Crippen LogP contribution in [-0.4, -0.2) is 39.4 Å². The maximum atomic E-state index is 11.6. The molecule has 0 aliphatic carbocycles. The van der Waals surface area contributed by atoms with Gasteiger partial charge in [0.2, 0.25) is 5.78 Å². The molecular formula is C16H22O5. The highest BCUT2D eigenvalue weighted by Crippen LogP contribution is 2.09. The largest absolute Gasteiger partial charge is 0.469 e. The third-order valence-corrected chi connectivity index (χ3v) is 2.71. The van der Waals surface area contributed by atoms with Crippen LogP contribution in [0.2, 0.25) is 0 Å². The van der Waals surface area contributed by atoms with Crippen molar-refractivity contribution < 1.29 is 23.8 Å². The van der Waals surface area contributed by atoms with Gasteiger partial charge in [-0.25, -0.2) is 0 Å². The van der Waals surface area contributed by atoms with Crippen molar-refractivity contribution in [2.24, 2.45) is 0 Å². The van der Waals surface area contributed by atoms with Crippen LogP contribution in [0.25, 0.3) is 0 Å². The van der Waals surface area contributed by atoms with Gasteiger partial charge in [0, 0.05) is 26.2 Å². The van der Waals surface area contributed by atoms with Gasteiger partial charge in [0.25, 0.3) is 0 Å². The SMILES string of the molecule is C#CC(=O)/C(=C/C(OC)OC)C/C=C/CCCC(=O)OC. The number of unbranched alkanes of at least 4 members (excludes halogenated alkanes) is 1. The molecule has 21 heavy (non-hydrogen) atoms. The topological polar surface area (TPSA) is 61.8 Å². The number of Topliss-reactive ketones (excluding diaryl/α,β-unsaturated/α-hetero) is 1. The molecule has 0 rings (SSSR count). The number of carbonyl (C=O) groups is 2. The molecule has 0 fully saturated rings. The first-order valence-electron chi connectivity index (χ1n) is 6.58. The van der Waals surface area contributed by atoms with Gasteiger partial charge in [-0.15, -0.1) is 6.42 Å². The number of rotatable bonds is 10. The molecule has 0 aromatic rings. The maximum absolute atomic E-state index is 11.6. The fourth-order valence-electron chi connectivity index (χ4n) is 1.52. The number of hydrogen-bond donors (Lipinski definition) is 0. The molecule has 0 aromatic carbocycles. The van der Waals surface area contributed by atoms with Gasteiger partial charge in [-0.2, -0.15) is 0 Å². The molecule has 0 aliphatic rings. The zero-order valence-corrected chi connectivity index (χ0v) is 12.8. The van der Waals surface area contributed by atoms with Gasteiger partial charge in [-0.1, -0.05) is 12.2 Å². The summed E-state index contributed by atoms with van der Waals surface area (Å²) in [5, 5.41) is 0. The second-order valence-corrected chi connectivity index (χ2v) is 4.15. The second-order valence-electron chi connectivity index (χ2n) is 4.15. The van der Waals surface area contributed by atoms with Crippen molar-refractivity contribution in [3.8, 4) is 12.3 Å². The highest BCUT2D eigenvalue weighted by Gasteiger charge is 2.09. The lowest BCUT2D eigenvalue weighted by molar-refractivity contribution is -0.140. The van der Waals surface area contributed by atoms with Crippen molar-refractivity contribution in [3.63, 3.8) is 0 Å². The van der Waals surface area contributed by atoms with Crippen molar-refractivity contribution >= 4 is 11.8 Å². The van der Waals surface area contributed by atoms with E-state index in [0.717, 1.165) is 6.42 Å². The van der Waals surface area contributed by atoms with Crippen molar-refractivity contribution in [1.82, 2.24) is 0 Å². The minimum absolute atomic E-state index is 0.227. The Kier molecular flexibility index (Phi) is 10.8. The Morgan fingerprint density at radius 3 is 2.38 bits per heavy atom. The van der Waals surface area contributed by atoms with E-state index in [0.29, 0.717) is 24.8 Å². The summed E-state index contributed by atoms with van der Waals surface area (Å²) in [6.07, 6.45) is 12.0. The molecule has 0 atom stereocenters. The van der Waals surface area contributed by atoms with Gasteiger partial charge < -0.3 is 14.2 Å². The van der Waals surface area contributed by atoms with Gasteiger partial charge in [-0.05, 0) is 31.3 Å². The first kappa shape index (κ1) is 19.1. The molecule has 0 radical (unpaired) electrons. The molecule has 0 amide bonds. The van der Waals surface area contributed by atoms with E-state index < -0.39 is 12.1 Å². The van der Waals surface area contributed by atoms with Crippen LogP contribution < -0.4 is 0 Å². The summed E-state index contributed by atoms with van der Waals surface area (Å²) in [5.74, 6) is 1.46. The minimum Gasteiger partial charge on any atom is -0.469 e. The highest BCUT2D eigenvalue weighted by atomic mass is 16.7. The Morgan fingerprint density at radius 2 is 1.86 bits per heavy atom. The van der Waals surface area contributed by atoms with Gasteiger partial charge in [0.05, 0.1) is 7.11 Å². The number of ether oxygens (including phenoxy) is 3. The van der Waals surface area contributed by atoms with Crippen molar-refractivity contribution in [2.45, 2.75) is 32.0 Å². The average Bonchev–Trinajstić information content (AvgIpc) is 2.52. The van der Waals surface area contributed by atoms with Crippen molar-refractivity contribution in [1.29, 1.82) is 0 Å². The molecular weight excluding hydrogens is 272 g/mol. The van der Waals surface area contributed by atoms with Crippen LogP contribution in [0.5, 0.6) is 0 Å². The quantitative estimate of drug-likeness (QED) is 0.117. The third kappa shape index (κ3) is 8.79. The van der Waals surface area contributed by atoms with Gasteiger partial charge in [0.15, 0.2) is 6.29 Å². The molecule has 0 aliphatic heterocycles. The summed E-state index contributed by atoms with van der Waals surface area (Å²) >= 11 is 0. The molecule has 0 bridgehead atoms. The number of methoxy groups -OCH3 is 3. The number of ketones is 1. The lowest BCUT2D eigenvalue weighted by Crippen LogP contribution is -2.12. The molecule has 0 saturated heterocycles. The van der Waals surface area contributed by atoms with E-state index in [4.69, 9.17) is 15.9 Å². The van der Waals surface area contributed by atoms with E-state index in [9.17, 15) is 9.59 Å². The average molecular weight is 294 g/mol.